The molecule has 0 bridgehead atoms. The van der Waals surface area contributed by atoms with Gasteiger partial charge in [0.25, 0.3) is 0 Å². The number of nitrogens with zero attached hydrogens (tertiary/aromatic N) is 1. The number of hydrogen-bond acceptors (Lipinski definition) is 5. The van der Waals surface area contributed by atoms with Crippen molar-refractivity contribution >= 4 is 19.9 Å². The van der Waals surface area contributed by atoms with Crippen LogP contribution in [0.1, 0.15) is 32.1 Å². The fourth-order valence-electron chi connectivity index (χ4n) is 2.90. The van der Waals surface area contributed by atoms with E-state index in [9.17, 15) is 16.8 Å². The standard InChI is InChI=1S/C11H22N2O4S2/c1-13(10-4-2-9(12)3-5-10)19(16,17)11-6-7-18(14,15)8-11/h9-11H,2-8,12H2,1H3. The second-order valence-corrected chi connectivity index (χ2v) is 10.2. The van der Waals surface area contributed by atoms with Crippen LogP contribution in [0.4, 0.5) is 0 Å². The molecule has 0 aromatic rings. The number of nitrogens with two attached hydrogens (primary N) is 1. The Morgan fingerprint density at radius 1 is 1.11 bits per heavy atom. The maximum absolute atomic E-state index is 12.4. The summed E-state index contributed by atoms with van der Waals surface area (Å²) in [5.41, 5.74) is 5.82. The van der Waals surface area contributed by atoms with E-state index in [4.69, 9.17) is 5.73 Å². The van der Waals surface area contributed by atoms with Gasteiger partial charge in [0.1, 0.15) is 0 Å². The Balaban J connectivity index is 2.07. The molecule has 0 radical (unpaired) electrons. The highest BCUT2D eigenvalue weighted by atomic mass is 32.2. The molecule has 2 N–H and O–H groups in total. The first-order valence-electron chi connectivity index (χ1n) is 6.65. The molecule has 0 aromatic heterocycles. The fourth-order valence-corrected chi connectivity index (χ4v) is 7.42. The van der Waals surface area contributed by atoms with Crippen molar-refractivity contribution in [1.82, 2.24) is 4.31 Å². The van der Waals surface area contributed by atoms with Crippen molar-refractivity contribution in [3.63, 3.8) is 0 Å². The molecule has 19 heavy (non-hydrogen) atoms. The van der Waals surface area contributed by atoms with E-state index < -0.39 is 25.1 Å². The third-order valence-electron chi connectivity index (χ3n) is 4.27. The van der Waals surface area contributed by atoms with Gasteiger partial charge in [-0.3, -0.25) is 0 Å². The van der Waals surface area contributed by atoms with Gasteiger partial charge in [0.05, 0.1) is 16.8 Å². The quantitative estimate of drug-likeness (QED) is 0.772. The van der Waals surface area contributed by atoms with Gasteiger partial charge in [0.15, 0.2) is 9.84 Å². The van der Waals surface area contributed by atoms with Crippen molar-refractivity contribution in [3.05, 3.63) is 0 Å². The lowest BCUT2D eigenvalue weighted by Gasteiger charge is -2.34. The molecule has 112 valence electrons. The van der Waals surface area contributed by atoms with Gasteiger partial charge in [-0.15, -0.1) is 0 Å². The van der Waals surface area contributed by atoms with Gasteiger partial charge in [-0.05, 0) is 32.1 Å². The molecule has 1 aliphatic carbocycles. The lowest BCUT2D eigenvalue weighted by atomic mass is 9.92. The smallest absolute Gasteiger partial charge is 0.218 e. The summed E-state index contributed by atoms with van der Waals surface area (Å²) in [6.45, 7) is 0. The van der Waals surface area contributed by atoms with E-state index in [-0.39, 0.29) is 30.0 Å². The Morgan fingerprint density at radius 3 is 2.16 bits per heavy atom. The molecule has 1 unspecified atom stereocenters. The zero-order chi connectivity index (χ0) is 14.3. The molecule has 8 heteroatoms. The minimum absolute atomic E-state index is 0.0136. The summed E-state index contributed by atoms with van der Waals surface area (Å²) in [4.78, 5) is 0. The van der Waals surface area contributed by atoms with E-state index in [1.54, 1.807) is 7.05 Å². The lowest BCUT2D eigenvalue weighted by Crippen LogP contribution is -2.45. The Labute approximate surface area is 115 Å². The summed E-state index contributed by atoms with van der Waals surface area (Å²) in [7, 11) is -5.12. The molecule has 2 fully saturated rings. The van der Waals surface area contributed by atoms with Crippen molar-refractivity contribution in [2.24, 2.45) is 5.73 Å². The zero-order valence-corrected chi connectivity index (χ0v) is 12.8. The molecule has 6 nitrogen and oxygen atoms in total. The molecular formula is C11H22N2O4S2. The van der Waals surface area contributed by atoms with E-state index in [1.807, 2.05) is 0 Å². The third-order valence-corrected chi connectivity index (χ3v) is 8.59. The van der Waals surface area contributed by atoms with Crippen LogP contribution in [-0.4, -0.2) is 57.0 Å². The Bertz CT molecular complexity index is 521. The van der Waals surface area contributed by atoms with Gasteiger partial charge in [-0.25, -0.2) is 21.1 Å². The third kappa shape index (κ3) is 3.29. The summed E-state index contributed by atoms with van der Waals surface area (Å²) < 4.78 is 49.1. The number of sulfonamides is 1. The maximum atomic E-state index is 12.4. The van der Waals surface area contributed by atoms with Crippen LogP contribution in [0.3, 0.4) is 0 Å². The van der Waals surface area contributed by atoms with Crippen LogP contribution in [0.5, 0.6) is 0 Å². The average Bonchev–Trinajstić information content (AvgIpc) is 2.70. The number of hydrogen-bond donors (Lipinski definition) is 1. The highest BCUT2D eigenvalue weighted by Crippen LogP contribution is 2.27. The van der Waals surface area contributed by atoms with Crippen molar-refractivity contribution < 1.29 is 16.8 Å². The predicted molar refractivity (Wildman–Crippen MR) is 74.0 cm³/mol. The molecule has 0 aromatic carbocycles. The molecule has 2 aliphatic rings. The summed E-state index contributed by atoms with van der Waals surface area (Å²) in [5.74, 6) is -0.244. The Kier molecular flexibility index (Phi) is 4.25. The van der Waals surface area contributed by atoms with Gasteiger partial charge in [0.2, 0.25) is 10.0 Å². The topological polar surface area (TPSA) is 97.5 Å². The van der Waals surface area contributed by atoms with Crippen LogP contribution in [0, 0.1) is 0 Å². The second kappa shape index (κ2) is 5.31. The van der Waals surface area contributed by atoms with Crippen LogP contribution in [0.15, 0.2) is 0 Å². The normalized spacial score (nSPS) is 35.6. The van der Waals surface area contributed by atoms with Crippen molar-refractivity contribution in [2.75, 3.05) is 18.6 Å². The van der Waals surface area contributed by atoms with Crippen LogP contribution >= 0.6 is 0 Å². The average molecular weight is 310 g/mol. The minimum Gasteiger partial charge on any atom is -0.328 e. The highest BCUT2D eigenvalue weighted by Gasteiger charge is 2.41. The van der Waals surface area contributed by atoms with E-state index in [1.165, 1.54) is 4.31 Å². The van der Waals surface area contributed by atoms with Crippen LogP contribution in [-0.2, 0) is 19.9 Å². The highest BCUT2D eigenvalue weighted by molar-refractivity contribution is 7.95. The summed E-state index contributed by atoms with van der Waals surface area (Å²) >= 11 is 0. The molecular weight excluding hydrogens is 288 g/mol. The molecule has 1 aliphatic heterocycles. The lowest BCUT2D eigenvalue weighted by molar-refractivity contribution is 0.267. The largest absolute Gasteiger partial charge is 0.328 e. The Morgan fingerprint density at radius 2 is 1.68 bits per heavy atom. The van der Waals surface area contributed by atoms with Gasteiger partial charge in [0, 0.05) is 19.1 Å². The molecule has 1 heterocycles. The first-order valence-corrected chi connectivity index (χ1v) is 9.98. The number of rotatable bonds is 3. The molecule has 1 saturated carbocycles. The van der Waals surface area contributed by atoms with E-state index in [0.717, 1.165) is 25.7 Å². The molecule has 0 spiro atoms. The maximum Gasteiger partial charge on any atom is 0.218 e. The van der Waals surface area contributed by atoms with Gasteiger partial charge < -0.3 is 5.73 Å². The Hall–Kier alpha value is -0.180. The minimum atomic E-state index is -3.51. The van der Waals surface area contributed by atoms with Crippen LogP contribution in [0.2, 0.25) is 0 Å². The second-order valence-electron chi connectivity index (χ2n) is 5.65. The molecule has 0 amide bonds. The summed E-state index contributed by atoms with van der Waals surface area (Å²) in [6.07, 6.45) is 3.40. The first-order chi connectivity index (χ1) is 8.72. The predicted octanol–water partition coefficient (Wildman–Crippen LogP) is -0.295. The molecule has 1 saturated heterocycles. The molecule has 2 rings (SSSR count). The van der Waals surface area contributed by atoms with Crippen molar-refractivity contribution in [2.45, 2.75) is 49.4 Å². The van der Waals surface area contributed by atoms with Gasteiger partial charge >= 0.3 is 0 Å². The van der Waals surface area contributed by atoms with Crippen LogP contribution in [0.25, 0.3) is 0 Å². The number of sulfone groups is 1. The van der Waals surface area contributed by atoms with Gasteiger partial charge in [-0.1, -0.05) is 0 Å². The van der Waals surface area contributed by atoms with E-state index in [0.29, 0.717) is 0 Å². The van der Waals surface area contributed by atoms with Crippen LogP contribution < -0.4 is 5.73 Å². The SMILES string of the molecule is CN(C1CCC(N)CC1)S(=O)(=O)C1CCS(=O)(=O)C1. The van der Waals surface area contributed by atoms with Gasteiger partial charge in [-0.2, -0.15) is 0 Å². The summed E-state index contributed by atoms with van der Waals surface area (Å²) in [5, 5.41) is -0.766. The first kappa shape index (κ1) is 15.2. The monoisotopic (exact) mass is 310 g/mol. The zero-order valence-electron chi connectivity index (χ0n) is 11.2. The van der Waals surface area contributed by atoms with E-state index >= 15 is 0 Å². The fraction of sp³-hybridized carbons (Fsp3) is 1.00. The summed E-state index contributed by atoms with van der Waals surface area (Å²) in [6, 6.07) is 0.132. The van der Waals surface area contributed by atoms with Crippen molar-refractivity contribution in [3.8, 4) is 0 Å². The molecule has 1 atom stereocenters. The van der Waals surface area contributed by atoms with E-state index in [2.05, 4.69) is 0 Å². The van der Waals surface area contributed by atoms with Crippen molar-refractivity contribution in [1.29, 1.82) is 0 Å².